The zero-order chi connectivity index (χ0) is 18.5. The average Bonchev–Trinajstić information content (AvgIpc) is 3.38. The molecule has 4 rings (SSSR count). The lowest BCUT2D eigenvalue weighted by Gasteiger charge is -2.16. The molecule has 27 heavy (non-hydrogen) atoms. The van der Waals surface area contributed by atoms with Gasteiger partial charge in [0.2, 0.25) is 5.91 Å². The molecular weight excluding hydrogens is 338 g/mol. The standard InChI is InChI=1S/C21H23N5O/c27-20(7-6-16-4-2-1-3-5-16)26-13-10-17(15-26)14-19-23-21(25-24-19)18-8-11-22-12-9-18/h1-5,8-9,11-12,17H,6-7,10,13-15H2,(H,23,24,25). The Morgan fingerprint density at radius 2 is 1.96 bits per heavy atom. The van der Waals surface area contributed by atoms with Crippen molar-refractivity contribution in [3.05, 3.63) is 66.2 Å². The number of hydrogen-bond acceptors (Lipinski definition) is 4. The summed E-state index contributed by atoms with van der Waals surface area (Å²) in [5.74, 6) is 2.26. The Balaban J connectivity index is 1.28. The highest BCUT2D eigenvalue weighted by molar-refractivity contribution is 5.76. The molecule has 1 aromatic carbocycles. The molecule has 1 fully saturated rings. The molecule has 6 nitrogen and oxygen atoms in total. The molecule has 0 aliphatic carbocycles. The van der Waals surface area contributed by atoms with E-state index in [-0.39, 0.29) is 5.91 Å². The van der Waals surface area contributed by atoms with Crippen molar-refractivity contribution in [1.82, 2.24) is 25.1 Å². The van der Waals surface area contributed by atoms with Gasteiger partial charge in [-0.3, -0.25) is 14.9 Å². The topological polar surface area (TPSA) is 74.8 Å². The van der Waals surface area contributed by atoms with Gasteiger partial charge in [-0.25, -0.2) is 4.98 Å². The van der Waals surface area contributed by atoms with Crippen LogP contribution < -0.4 is 0 Å². The first kappa shape index (κ1) is 17.4. The van der Waals surface area contributed by atoms with Crippen molar-refractivity contribution < 1.29 is 4.79 Å². The molecule has 0 saturated carbocycles. The fourth-order valence-corrected chi connectivity index (χ4v) is 3.57. The summed E-state index contributed by atoms with van der Waals surface area (Å²) >= 11 is 0. The first-order valence-corrected chi connectivity index (χ1v) is 9.41. The number of pyridine rings is 1. The molecule has 0 bridgehead atoms. The number of rotatable bonds is 6. The first-order chi connectivity index (χ1) is 13.3. The quantitative estimate of drug-likeness (QED) is 0.732. The smallest absolute Gasteiger partial charge is 0.222 e. The molecule has 1 saturated heterocycles. The van der Waals surface area contributed by atoms with E-state index in [9.17, 15) is 4.79 Å². The number of nitrogens with zero attached hydrogens (tertiary/aromatic N) is 4. The van der Waals surface area contributed by atoms with Gasteiger partial charge in [-0.1, -0.05) is 30.3 Å². The molecule has 1 amide bonds. The zero-order valence-corrected chi connectivity index (χ0v) is 15.2. The van der Waals surface area contributed by atoms with Crippen LogP contribution in [-0.2, 0) is 17.6 Å². The van der Waals surface area contributed by atoms with Crippen molar-refractivity contribution >= 4 is 5.91 Å². The van der Waals surface area contributed by atoms with Gasteiger partial charge in [-0.2, -0.15) is 5.10 Å². The monoisotopic (exact) mass is 361 g/mol. The number of nitrogens with one attached hydrogen (secondary N) is 1. The number of likely N-dealkylation sites (tertiary alicyclic amines) is 1. The van der Waals surface area contributed by atoms with Crippen LogP contribution in [0.4, 0.5) is 0 Å². The van der Waals surface area contributed by atoms with Gasteiger partial charge < -0.3 is 4.90 Å². The largest absolute Gasteiger partial charge is 0.342 e. The maximum atomic E-state index is 12.5. The van der Waals surface area contributed by atoms with Gasteiger partial charge >= 0.3 is 0 Å². The fraction of sp³-hybridized carbons (Fsp3) is 0.333. The van der Waals surface area contributed by atoms with Gasteiger partial charge in [0.15, 0.2) is 5.82 Å². The van der Waals surface area contributed by atoms with Crippen molar-refractivity contribution in [3.63, 3.8) is 0 Å². The summed E-state index contributed by atoms with van der Waals surface area (Å²) in [5, 5.41) is 7.34. The highest BCUT2D eigenvalue weighted by atomic mass is 16.2. The van der Waals surface area contributed by atoms with Gasteiger partial charge in [-0.15, -0.1) is 0 Å². The molecule has 0 radical (unpaired) electrons. The predicted molar refractivity (Wildman–Crippen MR) is 103 cm³/mol. The summed E-state index contributed by atoms with van der Waals surface area (Å²) in [6.07, 6.45) is 6.69. The van der Waals surface area contributed by atoms with Crippen LogP contribution in [0.25, 0.3) is 11.4 Å². The van der Waals surface area contributed by atoms with Gasteiger partial charge in [0, 0.05) is 43.9 Å². The van der Waals surface area contributed by atoms with Crippen molar-refractivity contribution in [1.29, 1.82) is 0 Å². The number of carbonyl (C=O) groups is 1. The molecule has 3 heterocycles. The minimum absolute atomic E-state index is 0.247. The van der Waals surface area contributed by atoms with Crippen molar-refractivity contribution in [2.75, 3.05) is 13.1 Å². The average molecular weight is 361 g/mol. The summed E-state index contributed by atoms with van der Waals surface area (Å²) in [6.45, 7) is 1.64. The van der Waals surface area contributed by atoms with E-state index in [2.05, 4.69) is 32.3 Å². The Hall–Kier alpha value is -3.02. The molecule has 1 unspecified atom stereocenters. The number of amides is 1. The van der Waals surface area contributed by atoms with Crippen LogP contribution in [0.15, 0.2) is 54.9 Å². The third-order valence-corrected chi connectivity index (χ3v) is 5.06. The third-order valence-electron chi connectivity index (χ3n) is 5.06. The summed E-state index contributed by atoms with van der Waals surface area (Å²) in [4.78, 5) is 23.1. The minimum atomic E-state index is 0.247. The van der Waals surface area contributed by atoms with Crippen molar-refractivity contribution in [3.8, 4) is 11.4 Å². The molecule has 138 valence electrons. The van der Waals surface area contributed by atoms with Crippen LogP contribution in [0.1, 0.15) is 24.2 Å². The van der Waals surface area contributed by atoms with Crippen LogP contribution in [0, 0.1) is 5.92 Å². The van der Waals surface area contributed by atoms with Gasteiger partial charge in [0.25, 0.3) is 0 Å². The van der Waals surface area contributed by atoms with Gasteiger partial charge in [0.1, 0.15) is 5.82 Å². The van der Waals surface area contributed by atoms with E-state index in [0.29, 0.717) is 18.2 Å². The molecule has 6 heteroatoms. The molecule has 0 spiro atoms. The van der Waals surface area contributed by atoms with E-state index >= 15 is 0 Å². The Bertz CT molecular complexity index is 878. The Labute approximate surface area is 158 Å². The van der Waals surface area contributed by atoms with E-state index in [4.69, 9.17) is 0 Å². The summed E-state index contributed by atoms with van der Waals surface area (Å²) < 4.78 is 0. The number of hydrogen-bond donors (Lipinski definition) is 1. The number of carbonyl (C=O) groups excluding carboxylic acids is 1. The normalized spacial score (nSPS) is 16.6. The van der Waals surface area contributed by atoms with Crippen LogP contribution in [0.2, 0.25) is 0 Å². The second-order valence-corrected chi connectivity index (χ2v) is 7.03. The molecule has 1 aliphatic rings. The van der Waals surface area contributed by atoms with Crippen molar-refractivity contribution in [2.24, 2.45) is 5.92 Å². The second kappa shape index (κ2) is 8.12. The maximum absolute atomic E-state index is 12.5. The summed E-state index contributed by atoms with van der Waals surface area (Å²) in [7, 11) is 0. The molecule has 1 N–H and O–H groups in total. The highest BCUT2D eigenvalue weighted by Crippen LogP contribution is 2.22. The maximum Gasteiger partial charge on any atom is 0.222 e. The lowest BCUT2D eigenvalue weighted by Crippen LogP contribution is -2.29. The number of aromatic amines is 1. The van der Waals surface area contributed by atoms with Crippen LogP contribution in [0.5, 0.6) is 0 Å². The molecule has 1 atom stereocenters. The third kappa shape index (κ3) is 4.39. The van der Waals surface area contributed by atoms with E-state index in [0.717, 1.165) is 43.7 Å². The fourth-order valence-electron chi connectivity index (χ4n) is 3.57. The predicted octanol–water partition coefficient (Wildman–Crippen LogP) is 2.89. The molecule has 1 aliphatic heterocycles. The number of aryl methyl sites for hydroxylation is 1. The number of aromatic nitrogens is 4. The van der Waals surface area contributed by atoms with Gasteiger partial charge in [0.05, 0.1) is 0 Å². The number of H-pyrrole nitrogens is 1. The molecule has 2 aromatic heterocycles. The molecular formula is C21H23N5O. The zero-order valence-electron chi connectivity index (χ0n) is 15.2. The van der Waals surface area contributed by atoms with E-state index in [1.165, 1.54) is 5.56 Å². The highest BCUT2D eigenvalue weighted by Gasteiger charge is 2.27. The lowest BCUT2D eigenvalue weighted by molar-refractivity contribution is -0.130. The Morgan fingerprint density at radius 3 is 2.78 bits per heavy atom. The number of benzene rings is 1. The summed E-state index contributed by atoms with van der Waals surface area (Å²) in [6, 6.07) is 14.0. The van der Waals surface area contributed by atoms with Gasteiger partial charge in [-0.05, 0) is 36.5 Å². The van der Waals surface area contributed by atoms with Crippen LogP contribution >= 0.6 is 0 Å². The molecule has 3 aromatic rings. The van der Waals surface area contributed by atoms with E-state index < -0.39 is 0 Å². The van der Waals surface area contributed by atoms with Crippen LogP contribution in [0.3, 0.4) is 0 Å². The van der Waals surface area contributed by atoms with E-state index in [1.807, 2.05) is 35.2 Å². The van der Waals surface area contributed by atoms with Crippen LogP contribution in [-0.4, -0.2) is 44.1 Å². The SMILES string of the molecule is O=C(CCc1ccccc1)N1CCC(Cc2nc(-c3ccncc3)n[nH]2)C1. The second-order valence-electron chi connectivity index (χ2n) is 7.03. The van der Waals surface area contributed by atoms with Crippen molar-refractivity contribution in [2.45, 2.75) is 25.7 Å². The minimum Gasteiger partial charge on any atom is -0.342 e. The summed E-state index contributed by atoms with van der Waals surface area (Å²) in [5.41, 5.74) is 2.17. The van der Waals surface area contributed by atoms with E-state index in [1.54, 1.807) is 12.4 Å². The first-order valence-electron chi connectivity index (χ1n) is 9.41. The Morgan fingerprint density at radius 1 is 1.15 bits per heavy atom. The Kier molecular flexibility index (Phi) is 5.23. The lowest BCUT2D eigenvalue weighted by atomic mass is 10.0.